The van der Waals surface area contributed by atoms with Crippen LogP contribution in [0.1, 0.15) is 55.4 Å². The molecule has 0 aliphatic carbocycles. The summed E-state index contributed by atoms with van der Waals surface area (Å²) < 4.78 is 1.58. The van der Waals surface area contributed by atoms with Crippen molar-refractivity contribution in [3.05, 3.63) is 105 Å². The fourth-order valence-corrected chi connectivity index (χ4v) is 5.27. The fraction of sp³-hybridized carbons (Fsp3) is 0.250. The Labute approximate surface area is 260 Å². The molecule has 2 unspecified atom stereocenters. The SMILES string of the molecule is CC(=O)C(NC(=O)C(NC(=O)c1nn(-c2ccc(Cl)cc2Cl)c(-c2ccc(Cl)cc2)c1C)C(C)(C)C)c1ccccc1. The molecule has 2 atom stereocenters. The molecule has 0 aliphatic rings. The Morgan fingerprint density at radius 3 is 2.05 bits per heavy atom. The second kappa shape index (κ2) is 12.7. The van der Waals surface area contributed by atoms with Gasteiger partial charge >= 0.3 is 0 Å². The van der Waals surface area contributed by atoms with Crippen molar-refractivity contribution in [1.82, 2.24) is 20.4 Å². The largest absolute Gasteiger partial charge is 0.340 e. The van der Waals surface area contributed by atoms with Crippen molar-refractivity contribution in [3.8, 4) is 16.9 Å². The number of aromatic nitrogens is 2. The molecule has 7 nitrogen and oxygen atoms in total. The average molecular weight is 626 g/mol. The number of nitrogens with one attached hydrogen (secondary N) is 2. The molecule has 2 amide bonds. The summed E-state index contributed by atoms with van der Waals surface area (Å²) in [7, 11) is 0. The highest BCUT2D eigenvalue weighted by Gasteiger charge is 2.36. The second-order valence-electron chi connectivity index (χ2n) is 11.1. The summed E-state index contributed by atoms with van der Waals surface area (Å²) >= 11 is 18.8. The lowest BCUT2D eigenvalue weighted by atomic mass is 9.85. The molecule has 0 saturated carbocycles. The minimum Gasteiger partial charge on any atom is -0.340 e. The number of hydrogen-bond acceptors (Lipinski definition) is 4. The van der Waals surface area contributed by atoms with Crippen LogP contribution in [0.5, 0.6) is 0 Å². The Balaban J connectivity index is 1.73. The van der Waals surface area contributed by atoms with Crippen molar-refractivity contribution in [3.63, 3.8) is 0 Å². The number of ketones is 1. The number of hydrogen-bond donors (Lipinski definition) is 2. The van der Waals surface area contributed by atoms with E-state index in [0.29, 0.717) is 37.6 Å². The number of carbonyl (C=O) groups excluding carboxylic acids is 3. The summed E-state index contributed by atoms with van der Waals surface area (Å²) in [6.07, 6.45) is 0. The van der Waals surface area contributed by atoms with E-state index in [1.54, 1.807) is 66.2 Å². The summed E-state index contributed by atoms with van der Waals surface area (Å²) in [6, 6.07) is 19.3. The van der Waals surface area contributed by atoms with Crippen LogP contribution in [0.4, 0.5) is 0 Å². The Kier molecular flexibility index (Phi) is 9.46. The molecule has 10 heteroatoms. The van der Waals surface area contributed by atoms with Crippen LogP contribution >= 0.6 is 34.8 Å². The van der Waals surface area contributed by atoms with Crippen molar-refractivity contribution in [2.45, 2.75) is 46.7 Å². The van der Waals surface area contributed by atoms with E-state index < -0.39 is 29.3 Å². The molecular formula is C32H31Cl3N4O3. The second-order valence-corrected chi connectivity index (χ2v) is 12.4. The van der Waals surface area contributed by atoms with Gasteiger partial charge in [-0.3, -0.25) is 14.4 Å². The zero-order valence-corrected chi connectivity index (χ0v) is 26.1. The van der Waals surface area contributed by atoms with E-state index in [1.807, 2.05) is 39.0 Å². The number of halogens is 3. The van der Waals surface area contributed by atoms with Gasteiger partial charge in [0.1, 0.15) is 12.1 Å². The van der Waals surface area contributed by atoms with Gasteiger partial charge in [0.25, 0.3) is 5.91 Å². The van der Waals surface area contributed by atoms with Gasteiger partial charge in [0, 0.05) is 21.2 Å². The van der Waals surface area contributed by atoms with Crippen LogP contribution in [0.15, 0.2) is 72.8 Å². The van der Waals surface area contributed by atoms with Crippen LogP contribution in [0.2, 0.25) is 15.1 Å². The van der Waals surface area contributed by atoms with Gasteiger partial charge in [-0.15, -0.1) is 0 Å². The quantitative estimate of drug-likeness (QED) is 0.213. The first-order valence-electron chi connectivity index (χ1n) is 13.3. The highest BCUT2D eigenvalue weighted by molar-refractivity contribution is 6.35. The predicted molar refractivity (Wildman–Crippen MR) is 167 cm³/mol. The van der Waals surface area contributed by atoms with Crippen LogP contribution in [-0.4, -0.2) is 33.4 Å². The molecule has 0 radical (unpaired) electrons. The van der Waals surface area contributed by atoms with Gasteiger partial charge in [-0.1, -0.05) is 98.0 Å². The molecule has 0 fully saturated rings. The number of amides is 2. The third-order valence-corrected chi connectivity index (χ3v) is 7.61. The molecule has 1 aromatic heterocycles. The zero-order chi connectivity index (χ0) is 30.8. The zero-order valence-electron chi connectivity index (χ0n) is 23.8. The molecule has 0 spiro atoms. The third kappa shape index (κ3) is 6.86. The Morgan fingerprint density at radius 1 is 0.857 bits per heavy atom. The Hall–Kier alpha value is -3.65. The maximum atomic E-state index is 13.8. The summed E-state index contributed by atoms with van der Waals surface area (Å²) in [5.74, 6) is -1.27. The fourth-order valence-electron chi connectivity index (χ4n) is 4.65. The number of benzene rings is 3. The van der Waals surface area contributed by atoms with Crippen molar-refractivity contribution in [1.29, 1.82) is 0 Å². The maximum absolute atomic E-state index is 13.8. The lowest BCUT2D eigenvalue weighted by Crippen LogP contribution is -2.54. The minimum atomic E-state index is -0.988. The first-order valence-corrected chi connectivity index (χ1v) is 14.4. The first kappa shape index (κ1) is 31.3. The van der Waals surface area contributed by atoms with Gasteiger partial charge in [0.05, 0.1) is 16.4 Å². The summed E-state index contributed by atoms with van der Waals surface area (Å²) in [4.78, 5) is 39.9. The van der Waals surface area contributed by atoms with Crippen molar-refractivity contribution in [2.24, 2.45) is 5.41 Å². The molecule has 4 aromatic rings. The van der Waals surface area contributed by atoms with E-state index in [4.69, 9.17) is 34.8 Å². The third-order valence-electron chi connectivity index (χ3n) is 6.82. The van der Waals surface area contributed by atoms with Crippen molar-refractivity contribution >= 4 is 52.4 Å². The number of Topliss-reactive ketones (excluding diaryl/α,β-unsaturated/α-hetero) is 1. The monoisotopic (exact) mass is 624 g/mol. The molecule has 42 heavy (non-hydrogen) atoms. The van der Waals surface area contributed by atoms with Crippen LogP contribution in [0.3, 0.4) is 0 Å². The van der Waals surface area contributed by atoms with Crippen LogP contribution < -0.4 is 10.6 Å². The van der Waals surface area contributed by atoms with Gasteiger partial charge < -0.3 is 10.6 Å². The minimum absolute atomic E-state index is 0.110. The van der Waals surface area contributed by atoms with E-state index in [-0.39, 0.29) is 11.5 Å². The number of rotatable bonds is 8. The standard InChI is InChI=1S/C32H31Cl3N4O3/c1-18-26(38-39(25-16-15-23(34)17-24(25)35)28(18)21-11-13-22(33)14-12-21)30(41)37-29(32(3,4)5)31(42)36-27(19(2)40)20-9-7-6-8-10-20/h6-17,27,29H,1-5H3,(H,36,42)(H,37,41). The van der Waals surface area contributed by atoms with Crippen LogP contribution in [0, 0.1) is 12.3 Å². The molecule has 3 aromatic carbocycles. The smallest absolute Gasteiger partial charge is 0.272 e. The average Bonchev–Trinajstić information content (AvgIpc) is 3.26. The van der Waals surface area contributed by atoms with Crippen LogP contribution in [0.25, 0.3) is 16.9 Å². The van der Waals surface area contributed by atoms with Crippen molar-refractivity contribution < 1.29 is 14.4 Å². The molecule has 0 aliphatic heterocycles. The Morgan fingerprint density at radius 2 is 1.48 bits per heavy atom. The molecule has 4 rings (SSSR count). The molecule has 0 saturated heterocycles. The highest BCUT2D eigenvalue weighted by atomic mass is 35.5. The van der Waals surface area contributed by atoms with E-state index in [2.05, 4.69) is 15.7 Å². The van der Waals surface area contributed by atoms with Gasteiger partial charge in [-0.25, -0.2) is 4.68 Å². The topological polar surface area (TPSA) is 93.1 Å². The van der Waals surface area contributed by atoms with E-state index in [9.17, 15) is 14.4 Å². The van der Waals surface area contributed by atoms with E-state index in [0.717, 1.165) is 5.56 Å². The van der Waals surface area contributed by atoms with Gasteiger partial charge in [0.15, 0.2) is 11.5 Å². The lowest BCUT2D eigenvalue weighted by molar-refractivity contribution is -0.130. The molecule has 218 valence electrons. The molecule has 2 N–H and O–H groups in total. The maximum Gasteiger partial charge on any atom is 0.272 e. The summed E-state index contributed by atoms with van der Waals surface area (Å²) in [5.41, 5.74) is 2.53. The molecule has 1 heterocycles. The highest BCUT2D eigenvalue weighted by Crippen LogP contribution is 2.33. The van der Waals surface area contributed by atoms with Gasteiger partial charge in [-0.05, 0) is 55.2 Å². The van der Waals surface area contributed by atoms with E-state index >= 15 is 0 Å². The lowest BCUT2D eigenvalue weighted by Gasteiger charge is -2.31. The van der Waals surface area contributed by atoms with E-state index in [1.165, 1.54) is 6.92 Å². The predicted octanol–water partition coefficient (Wildman–Crippen LogP) is 7.40. The molecular weight excluding hydrogens is 595 g/mol. The van der Waals surface area contributed by atoms with Crippen molar-refractivity contribution in [2.75, 3.05) is 0 Å². The summed E-state index contributed by atoms with van der Waals surface area (Å²) in [6.45, 7) is 8.70. The summed E-state index contributed by atoms with van der Waals surface area (Å²) in [5, 5.41) is 11.7. The molecule has 0 bridgehead atoms. The Bertz CT molecular complexity index is 1630. The number of nitrogens with zero attached hydrogens (tertiary/aromatic N) is 2. The van der Waals surface area contributed by atoms with Gasteiger partial charge in [-0.2, -0.15) is 5.10 Å². The number of carbonyl (C=O) groups is 3. The first-order chi connectivity index (χ1) is 19.8. The van der Waals surface area contributed by atoms with Crippen LogP contribution in [-0.2, 0) is 9.59 Å². The normalized spacial score (nSPS) is 12.9. The van der Waals surface area contributed by atoms with Gasteiger partial charge in [0.2, 0.25) is 5.91 Å².